The molecule has 0 fully saturated rings. The Hall–Kier alpha value is -1.81. The molecule has 1 unspecified atom stereocenters. The van der Waals surface area contributed by atoms with Gasteiger partial charge >= 0.3 is 0 Å². The fourth-order valence-electron chi connectivity index (χ4n) is 1.64. The SMILES string of the molecule is CC(CN)CCc1cnc(-c2ccccn2)cn1. The van der Waals surface area contributed by atoms with E-state index in [1.54, 1.807) is 12.4 Å². The van der Waals surface area contributed by atoms with Gasteiger partial charge in [-0.25, -0.2) is 0 Å². The number of hydrogen-bond donors (Lipinski definition) is 1. The monoisotopic (exact) mass is 242 g/mol. The Balaban J connectivity index is 2.02. The average molecular weight is 242 g/mol. The topological polar surface area (TPSA) is 64.7 Å². The molecule has 2 N–H and O–H groups in total. The Morgan fingerprint density at radius 1 is 1.11 bits per heavy atom. The van der Waals surface area contributed by atoms with Gasteiger partial charge in [0.15, 0.2) is 0 Å². The largest absolute Gasteiger partial charge is 0.330 e. The highest BCUT2D eigenvalue weighted by Crippen LogP contribution is 2.12. The normalized spacial score (nSPS) is 12.3. The van der Waals surface area contributed by atoms with Crippen LogP contribution in [0.2, 0.25) is 0 Å². The van der Waals surface area contributed by atoms with Gasteiger partial charge in [0.2, 0.25) is 0 Å². The lowest BCUT2D eigenvalue weighted by molar-refractivity contribution is 0.540. The van der Waals surface area contributed by atoms with Gasteiger partial charge in [-0.05, 0) is 37.4 Å². The predicted octanol–water partition coefficient (Wildman–Crippen LogP) is 2.07. The van der Waals surface area contributed by atoms with Crippen molar-refractivity contribution in [3.8, 4) is 11.4 Å². The maximum absolute atomic E-state index is 5.59. The first-order valence-electron chi connectivity index (χ1n) is 6.22. The van der Waals surface area contributed by atoms with Crippen LogP contribution in [-0.4, -0.2) is 21.5 Å². The van der Waals surface area contributed by atoms with Gasteiger partial charge in [-0.15, -0.1) is 0 Å². The molecule has 0 aliphatic rings. The number of nitrogens with zero attached hydrogens (tertiary/aromatic N) is 3. The molecular weight excluding hydrogens is 224 g/mol. The third-order valence-electron chi connectivity index (χ3n) is 2.93. The molecule has 94 valence electrons. The van der Waals surface area contributed by atoms with E-state index in [9.17, 15) is 0 Å². The van der Waals surface area contributed by atoms with E-state index in [0.717, 1.165) is 36.5 Å². The Morgan fingerprint density at radius 2 is 2.00 bits per heavy atom. The van der Waals surface area contributed by atoms with Gasteiger partial charge in [-0.3, -0.25) is 15.0 Å². The van der Waals surface area contributed by atoms with Crippen molar-refractivity contribution >= 4 is 0 Å². The van der Waals surface area contributed by atoms with Crippen LogP contribution in [0.1, 0.15) is 19.0 Å². The molecule has 0 radical (unpaired) electrons. The molecule has 0 saturated carbocycles. The molecule has 0 amide bonds. The van der Waals surface area contributed by atoms with Crippen LogP contribution in [0.4, 0.5) is 0 Å². The molecule has 0 spiro atoms. The molecule has 0 bridgehead atoms. The highest BCUT2D eigenvalue weighted by atomic mass is 14.8. The van der Waals surface area contributed by atoms with Gasteiger partial charge in [0.05, 0.1) is 17.6 Å². The van der Waals surface area contributed by atoms with E-state index < -0.39 is 0 Å². The minimum atomic E-state index is 0.530. The summed E-state index contributed by atoms with van der Waals surface area (Å²) in [6.45, 7) is 2.87. The minimum Gasteiger partial charge on any atom is -0.330 e. The number of aryl methyl sites for hydroxylation is 1. The highest BCUT2D eigenvalue weighted by Gasteiger charge is 2.04. The minimum absolute atomic E-state index is 0.530. The Bertz CT molecular complexity index is 467. The van der Waals surface area contributed by atoms with Gasteiger partial charge in [0.25, 0.3) is 0 Å². The first-order chi connectivity index (χ1) is 8.79. The third kappa shape index (κ3) is 3.34. The van der Waals surface area contributed by atoms with Crippen LogP contribution in [0.5, 0.6) is 0 Å². The maximum atomic E-state index is 5.59. The lowest BCUT2D eigenvalue weighted by Gasteiger charge is -2.07. The molecule has 2 heterocycles. The highest BCUT2D eigenvalue weighted by molar-refractivity contribution is 5.51. The lowest BCUT2D eigenvalue weighted by Crippen LogP contribution is -2.11. The Morgan fingerprint density at radius 3 is 2.61 bits per heavy atom. The van der Waals surface area contributed by atoms with Gasteiger partial charge in [-0.1, -0.05) is 13.0 Å². The van der Waals surface area contributed by atoms with Crippen molar-refractivity contribution in [2.45, 2.75) is 19.8 Å². The Kier molecular flexibility index (Phi) is 4.36. The van der Waals surface area contributed by atoms with Crippen LogP contribution >= 0.6 is 0 Å². The first-order valence-corrected chi connectivity index (χ1v) is 6.22. The van der Waals surface area contributed by atoms with Crippen molar-refractivity contribution in [3.63, 3.8) is 0 Å². The molecule has 4 heteroatoms. The molecule has 0 aliphatic heterocycles. The van der Waals surface area contributed by atoms with Crippen LogP contribution in [-0.2, 0) is 6.42 Å². The molecule has 2 aromatic heterocycles. The van der Waals surface area contributed by atoms with Gasteiger partial charge in [0.1, 0.15) is 5.69 Å². The second kappa shape index (κ2) is 6.21. The summed E-state index contributed by atoms with van der Waals surface area (Å²) in [6, 6.07) is 5.76. The van der Waals surface area contributed by atoms with Crippen molar-refractivity contribution in [2.75, 3.05) is 6.54 Å². The smallest absolute Gasteiger partial charge is 0.107 e. The van der Waals surface area contributed by atoms with Crippen molar-refractivity contribution in [3.05, 3.63) is 42.5 Å². The average Bonchev–Trinajstić information content (AvgIpc) is 2.46. The summed E-state index contributed by atoms with van der Waals surface area (Å²) in [4.78, 5) is 13.1. The summed E-state index contributed by atoms with van der Waals surface area (Å²) in [5.74, 6) is 0.530. The molecule has 2 aromatic rings. The zero-order valence-corrected chi connectivity index (χ0v) is 10.6. The number of aromatic nitrogens is 3. The molecular formula is C14H18N4. The van der Waals surface area contributed by atoms with Crippen molar-refractivity contribution in [1.29, 1.82) is 0 Å². The lowest BCUT2D eigenvalue weighted by atomic mass is 10.0. The zero-order valence-electron chi connectivity index (χ0n) is 10.6. The molecule has 0 aromatic carbocycles. The number of rotatable bonds is 5. The Labute approximate surface area is 107 Å². The second-order valence-electron chi connectivity index (χ2n) is 4.49. The summed E-state index contributed by atoms with van der Waals surface area (Å²) in [7, 11) is 0. The summed E-state index contributed by atoms with van der Waals surface area (Å²) in [6.07, 6.45) is 7.34. The van der Waals surface area contributed by atoms with Gasteiger partial charge in [-0.2, -0.15) is 0 Å². The van der Waals surface area contributed by atoms with Gasteiger partial charge < -0.3 is 5.73 Å². The van der Waals surface area contributed by atoms with E-state index in [1.165, 1.54) is 0 Å². The van der Waals surface area contributed by atoms with E-state index >= 15 is 0 Å². The van der Waals surface area contributed by atoms with E-state index in [4.69, 9.17) is 5.73 Å². The van der Waals surface area contributed by atoms with E-state index in [-0.39, 0.29) is 0 Å². The third-order valence-corrected chi connectivity index (χ3v) is 2.93. The van der Waals surface area contributed by atoms with Crippen LogP contribution in [0.3, 0.4) is 0 Å². The summed E-state index contributed by atoms with van der Waals surface area (Å²) >= 11 is 0. The summed E-state index contributed by atoms with van der Waals surface area (Å²) in [5.41, 5.74) is 8.27. The van der Waals surface area contributed by atoms with Crippen molar-refractivity contribution < 1.29 is 0 Å². The van der Waals surface area contributed by atoms with Crippen LogP contribution in [0, 0.1) is 5.92 Å². The molecule has 4 nitrogen and oxygen atoms in total. The fraction of sp³-hybridized carbons (Fsp3) is 0.357. The number of nitrogens with two attached hydrogens (primary N) is 1. The standard InChI is InChI=1S/C14H18N4/c1-11(8-15)5-6-12-9-18-14(10-17-12)13-4-2-3-7-16-13/h2-4,7,9-11H,5-6,8,15H2,1H3. The summed E-state index contributed by atoms with van der Waals surface area (Å²) < 4.78 is 0. The van der Waals surface area contributed by atoms with Crippen molar-refractivity contribution in [1.82, 2.24) is 15.0 Å². The fourth-order valence-corrected chi connectivity index (χ4v) is 1.64. The second-order valence-corrected chi connectivity index (χ2v) is 4.49. The molecule has 18 heavy (non-hydrogen) atoms. The zero-order chi connectivity index (χ0) is 12.8. The maximum Gasteiger partial charge on any atom is 0.107 e. The first kappa shape index (κ1) is 12.6. The molecule has 0 saturated heterocycles. The molecule has 1 atom stereocenters. The van der Waals surface area contributed by atoms with E-state index in [1.807, 2.05) is 24.4 Å². The van der Waals surface area contributed by atoms with Gasteiger partial charge in [0, 0.05) is 12.4 Å². The quantitative estimate of drug-likeness (QED) is 0.871. The summed E-state index contributed by atoms with van der Waals surface area (Å²) in [5, 5.41) is 0. The van der Waals surface area contributed by atoms with Crippen LogP contribution < -0.4 is 5.73 Å². The molecule has 2 rings (SSSR count). The van der Waals surface area contributed by atoms with E-state index in [0.29, 0.717) is 5.92 Å². The van der Waals surface area contributed by atoms with E-state index in [2.05, 4.69) is 21.9 Å². The predicted molar refractivity (Wildman–Crippen MR) is 71.8 cm³/mol. The van der Waals surface area contributed by atoms with Crippen molar-refractivity contribution in [2.24, 2.45) is 11.7 Å². The molecule has 0 aliphatic carbocycles. The van der Waals surface area contributed by atoms with Crippen LogP contribution in [0.25, 0.3) is 11.4 Å². The number of pyridine rings is 1. The van der Waals surface area contributed by atoms with Crippen LogP contribution in [0.15, 0.2) is 36.8 Å². The number of hydrogen-bond acceptors (Lipinski definition) is 4.